The predicted octanol–water partition coefficient (Wildman–Crippen LogP) is 2.06. The van der Waals surface area contributed by atoms with Crippen molar-refractivity contribution >= 4 is 27.4 Å². The second-order valence-corrected chi connectivity index (χ2v) is 4.42. The number of hydrogen-bond donors (Lipinski definition) is 0. The molecule has 0 aromatic carbocycles. The van der Waals surface area contributed by atoms with Crippen molar-refractivity contribution in [1.29, 1.82) is 0 Å². The van der Waals surface area contributed by atoms with Crippen LogP contribution in [0.4, 0.5) is 5.69 Å². The third-order valence-electron chi connectivity index (χ3n) is 2.42. The summed E-state index contributed by atoms with van der Waals surface area (Å²) >= 11 is 3.08. The molecule has 0 spiro atoms. The Balaban J connectivity index is 3.40. The maximum absolute atomic E-state index is 11.8. The lowest BCUT2D eigenvalue weighted by Gasteiger charge is -2.13. The van der Waals surface area contributed by atoms with Crippen molar-refractivity contribution in [3.8, 4) is 0 Å². The van der Waals surface area contributed by atoms with Gasteiger partial charge in [-0.25, -0.2) is 0 Å². The standard InChI is InChI=1S/C10H11BrN2O4/c1-3-9(14)6(2)12-5-7(11)4-8(10(12)15)13(16)17/h4-6H,3H2,1-2H3. The summed E-state index contributed by atoms with van der Waals surface area (Å²) in [4.78, 5) is 33.2. The fourth-order valence-electron chi connectivity index (χ4n) is 1.42. The van der Waals surface area contributed by atoms with Gasteiger partial charge in [0.2, 0.25) is 0 Å². The summed E-state index contributed by atoms with van der Waals surface area (Å²) in [5.74, 6) is -0.153. The molecule has 6 nitrogen and oxygen atoms in total. The zero-order valence-electron chi connectivity index (χ0n) is 9.34. The van der Waals surface area contributed by atoms with E-state index in [9.17, 15) is 19.7 Å². The van der Waals surface area contributed by atoms with Crippen molar-refractivity contribution in [1.82, 2.24) is 4.57 Å². The highest BCUT2D eigenvalue weighted by atomic mass is 79.9. The van der Waals surface area contributed by atoms with Crippen LogP contribution in [-0.2, 0) is 4.79 Å². The first-order valence-corrected chi connectivity index (χ1v) is 5.76. The molecule has 0 radical (unpaired) electrons. The highest BCUT2D eigenvalue weighted by Gasteiger charge is 2.21. The largest absolute Gasteiger partial charge is 0.335 e. The van der Waals surface area contributed by atoms with Gasteiger partial charge in [-0.1, -0.05) is 6.92 Å². The molecule has 0 amide bonds. The van der Waals surface area contributed by atoms with Crippen LogP contribution in [0.2, 0.25) is 0 Å². The van der Waals surface area contributed by atoms with Crippen LogP contribution in [0.1, 0.15) is 26.3 Å². The molecular weight excluding hydrogens is 292 g/mol. The summed E-state index contributed by atoms with van der Waals surface area (Å²) in [5.41, 5.74) is -1.32. The average molecular weight is 303 g/mol. The minimum Gasteiger partial charge on any atom is -0.298 e. The molecular formula is C10H11BrN2O4. The van der Waals surface area contributed by atoms with Crippen molar-refractivity contribution in [2.45, 2.75) is 26.3 Å². The van der Waals surface area contributed by atoms with E-state index in [1.54, 1.807) is 13.8 Å². The minimum atomic E-state index is -0.771. The van der Waals surface area contributed by atoms with Crippen molar-refractivity contribution in [2.24, 2.45) is 0 Å². The summed E-state index contributed by atoms with van der Waals surface area (Å²) < 4.78 is 1.47. The van der Waals surface area contributed by atoms with Crippen LogP contribution in [0.25, 0.3) is 0 Å². The van der Waals surface area contributed by atoms with Gasteiger partial charge in [-0.2, -0.15) is 0 Å². The zero-order chi connectivity index (χ0) is 13.2. The van der Waals surface area contributed by atoms with Gasteiger partial charge in [0.05, 0.1) is 11.0 Å². The second-order valence-electron chi connectivity index (χ2n) is 3.51. The summed E-state index contributed by atoms with van der Waals surface area (Å²) in [6.07, 6.45) is 1.65. The third-order valence-corrected chi connectivity index (χ3v) is 2.85. The molecule has 1 aromatic heterocycles. The van der Waals surface area contributed by atoms with E-state index < -0.39 is 22.2 Å². The fraction of sp³-hybridized carbons (Fsp3) is 0.400. The van der Waals surface area contributed by atoms with Crippen molar-refractivity contribution in [2.75, 3.05) is 0 Å². The minimum absolute atomic E-state index is 0.153. The Labute approximate surface area is 106 Å². The Kier molecular flexibility index (Phi) is 4.17. The van der Waals surface area contributed by atoms with Gasteiger partial charge in [0.1, 0.15) is 0 Å². The van der Waals surface area contributed by atoms with Crippen LogP contribution in [0.3, 0.4) is 0 Å². The van der Waals surface area contributed by atoms with Gasteiger partial charge < -0.3 is 0 Å². The molecule has 0 aliphatic heterocycles. The molecule has 1 rings (SSSR count). The lowest BCUT2D eigenvalue weighted by atomic mass is 10.1. The maximum atomic E-state index is 11.8. The molecule has 0 N–H and O–H groups in total. The van der Waals surface area contributed by atoms with E-state index in [1.807, 2.05) is 0 Å². The van der Waals surface area contributed by atoms with Gasteiger partial charge in [-0.3, -0.25) is 24.3 Å². The molecule has 1 aromatic rings. The Hall–Kier alpha value is -1.50. The van der Waals surface area contributed by atoms with E-state index >= 15 is 0 Å². The number of hydrogen-bond acceptors (Lipinski definition) is 4. The smallest absolute Gasteiger partial charge is 0.298 e. The van der Waals surface area contributed by atoms with Gasteiger partial charge in [0, 0.05) is 23.2 Å². The van der Waals surface area contributed by atoms with Gasteiger partial charge in [0.25, 0.3) is 0 Å². The molecule has 7 heteroatoms. The van der Waals surface area contributed by atoms with E-state index in [4.69, 9.17) is 0 Å². The van der Waals surface area contributed by atoms with E-state index in [1.165, 1.54) is 6.20 Å². The summed E-state index contributed by atoms with van der Waals surface area (Å²) in [6.45, 7) is 3.22. The first-order valence-electron chi connectivity index (χ1n) is 4.97. The molecule has 92 valence electrons. The lowest BCUT2D eigenvalue weighted by Crippen LogP contribution is -2.28. The first kappa shape index (κ1) is 13.6. The van der Waals surface area contributed by atoms with Crippen LogP contribution < -0.4 is 5.56 Å². The zero-order valence-corrected chi connectivity index (χ0v) is 10.9. The topological polar surface area (TPSA) is 82.2 Å². The maximum Gasteiger partial charge on any atom is 0.335 e. The molecule has 17 heavy (non-hydrogen) atoms. The molecule has 0 bridgehead atoms. The van der Waals surface area contributed by atoms with Crippen LogP contribution in [0.15, 0.2) is 21.5 Å². The van der Waals surface area contributed by atoms with E-state index in [0.717, 1.165) is 10.6 Å². The van der Waals surface area contributed by atoms with Crippen molar-refractivity contribution in [3.05, 3.63) is 37.2 Å². The number of carbonyl (C=O) groups is 1. The Morgan fingerprint density at radius 3 is 2.71 bits per heavy atom. The van der Waals surface area contributed by atoms with Crippen LogP contribution >= 0.6 is 15.9 Å². The Morgan fingerprint density at radius 2 is 2.24 bits per heavy atom. The first-order chi connectivity index (χ1) is 7.88. The number of nitrogens with zero attached hydrogens (tertiary/aromatic N) is 2. The van der Waals surface area contributed by atoms with Gasteiger partial charge in [0.15, 0.2) is 5.78 Å². The highest BCUT2D eigenvalue weighted by molar-refractivity contribution is 9.10. The number of ketones is 1. The predicted molar refractivity (Wildman–Crippen MR) is 65.1 cm³/mol. The third kappa shape index (κ3) is 2.79. The number of halogens is 1. The summed E-state index contributed by atoms with van der Waals surface area (Å²) in [6, 6.07) is 0.422. The molecule has 1 heterocycles. The van der Waals surface area contributed by atoms with E-state index in [2.05, 4.69) is 15.9 Å². The number of nitro groups is 1. The molecule has 0 saturated carbocycles. The van der Waals surface area contributed by atoms with Crippen molar-refractivity contribution < 1.29 is 9.72 Å². The second kappa shape index (κ2) is 5.22. The van der Waals surface area contributed by atoms with Crippen molar-refractivity contribution in [3.63, 3.8) is 0 Å². The van der Waals surface area contributed by atoms with Crippen LogP contribution in [0, 0.1) is 10.1 Å². The normalized spacial score (nSPS) is 12.2. The summed E-state index contributed by atoms with van der Waals surface area (Å²) in [5, 5.41) is 10.7. The number of rotatable bonds is 4. The fourth-order valence-corrected chi connectivity index (χ4v) is 1.86. The molecule has 0 saturated heterocycles. The molecule has 0 aliphatic rings. The number of aromatic nitrogens is 1. The van der Waals surface area contributed by atoms with Gasteiger partial charge in [-0.05, 0) is 22.9 Å². The Bertz CT molecular complexity index is 524. The number of pyridine rings is 1. The van der Waals surface area contributed by atoms with Gasteiger partial charge in [-0.15, -0.1) is 0 Å². The van der Waals surface area contributed by atoms with E-state index in [-0.39, 0.29) is 12.2 Å². The quantitative estimate of drug-likeness (QED) is 0.629. The lowest BCUT2D eigenvalue weighted by molar-refractivity contribution is -0.386. The summed E-state index contributed by atoms with van der Waals surface area (Å²) in [7, 11) is 0. The van der Waals surface area contributed by atoms with E-state index in [0.29, 0.717) is 4.47 Å². The van der Waals surface area contributed by atoms with Crippen LogP contribution in [0.5, 0.6) is 0 Å². The van der Waals surface area contributed by atoms with Gasteiger partial charge >= 0.3 is 11.2 Å². The average Bonchev–Trinajstić information content (AvgIpc) is 2.29. The van der Waals surface area contributed by atoms with Crippen LogP contribution in [-0.4, -0.2) is 15.3 Å². The number of carbonyl (C=O) groups excluding carboxylic acids is 1. The molecule has 1 unspecified atom stereocenters. The highest BCUT2D eigenvalue weighted by Crippen LogP contribution is 2.17. The molecule has 0 aliphatic carbocycles. The SMILES string of the molecule is CCC(=O)C(C)n1cc(Br)cc([N+](=O)[O-])c1=O. The Morgan fingerprint density at radius 1 is 1.65 bits per heavy atom. The monoisotopic (exact) mass is 302 g/mol. The molecule has 0 fully saturated rings. The molecule has 1 atom stereocenters. The number of Topliss-reactive ketones (excluding diaryl/α,β-unsaturated/α-hetero) is 1.